The Balaban J connectivity index is 2.00. The van der Waals surface area contributed by atoms with Gasteiger partial charge in [-0.25, -0.2) is 0 Å². The number of anilines is 1. The SMILES string of the molecule is CCC(=O)N1c2ccccc2[C@@H]2C(=O)NC(SC)=NN2[C@H]1c1cc(Br)c(OC)c(Br)c1. The van der Waals surface area contributed by atoms with E-state index in [1.165, 1.54) is 11.8 Å². The van der Waals surface area contributed by atoms with Crippen LogP contribution in [0.25, 0.3) is 0 Å². The molecular formula is C21H20Br2N4O3S. The fraction of sp³-hybridized carbons (Fsp3) is 0.286. The molecule has 2 aliphatic heterocycles. The number of rotatable bonds is 3. The van der Waals surface area contributed by atoms with Crippen molar-refractivity contribution >= 4 is 66.3 Å². The highest BCUT2D eigenvalue weighted by Crippen LogP contribution is 2.48. The van der Waals surface area contributed by atoms with Gasteiger partial charge in [0.05, 0.1) is 21.7 Å². The van der Waals surface area contributed by atoms with Gasteiger partial charge in [-0.1, -0.05) is 36.9 Å². The number of para-hydroxylation sites is 1. The number of hydrogen-bond acceptors (Lipinski definition) is 6. The van der Waals surface area contributed by atoms with Gasteiger partial charge < -0.3 is 10.1 Å². The summed E-state index contributed by atoms with van der Waals surface area (Å²) in [4.78, 5) is 28.1. The van der Waals surface area contributed by atoms with Crippen molar-refractivity contribution < 1.29 is 14.3 Å². The van der Waals surface area contributed by atoms with Gasteiger partial charge >= 0.3 is 0 Å². The van der Waals surface area contributed by atoms with Gasteiger partial charge in [-0.2, -0.15) is 0 Å². The van der Waals surface area contributed by atoms with Crippen LogP contribution in [-0.2, 0) is 9.59 Å². The molecule has 2 amide bonds. The van der Waals surface area contributed by atoms with Crippen molar-refractivity contribution in [3.63, 3.8) is 0 Å². The molecule has 2 aromatic rings. The minimum atomic E-state index is -0.655. The molecule has 0 saturated carbocycles. The average molecular weight is 568 g/mol. The van der Waals surface area contributed by atoms with Gasteiger partial charge in [-0.15, -0.1) is 5.10 Å². The van der Waals surface area contributed by atoms with Crippen LogP contribution < -0.4 is 15.0 Å². The van der Waals surface area contributed by atoms with E-state index in [4.69, 9.17) is 9.84 Å². The molecule has 0 aliphatic carbocycles. The van der Waals surface area contributed by atoms with Crippen LogP contribution >= 0.6 is 43.6 Å². The number of nitrogens with one attached hydrogen (secondary N) is 1. The lowest BCUT2D eigenvalue weighted by molar-refractivity contribution is -0.130. The Morgan fingerprint density at radius 1 is 1.26 bits per heavy atom. The fourth-order valence-electron chi connectivity index (χ4n) is 3.91. The number of hydrazone groups is 1. The van der Waals surface area contributed by atoms with E-state index >= 15 is 0 Å². The number of hydrogen-bond donors (Lipinski definition) is 1. The zero-order chi connectivity index (χ0) is 22.3. The molecule has 0 saturated heterocycles. The molecule has 2 aliphatic rings. The number of thioether (sulfide) groups is 1. The first-order valence-corrected chi connectivity index (χ1v) is 12.4. The summed E-state index contributed by atoms with van der Waals surface area (Å²) in [5.41, 5.74) is 2.25. The average Bonchev–Trinajstić information content (AvgIpc) is 2.76. The molecule has 0 radical (unpaired) electrons. The zero-order valence-electron chi connectivity index (χ0n) is 17.1. The fourth-order valence-corrected chi connectivity index (χ4v) is 5.83. The molecule has 0 unspecified atom stereocenters. The normalized spacial score (nSPS) is 19.9. The van der Waals surface area contributed by atoms with Crippen molar-refractivity contribution in [2.75, 3.05) is 18.3 Å². The zero-order valence-corrected chi connectivity index (χ0v) is 21.0. The summed E-state index contributed by atoms with van der Waals surface area (Å²) in [6.07, 6.45) is 1.55. The number of amides is 2. The molecule has 7 nitrogen and oxygen atoms in total. The molecule has 4 rings (SSSR count). The van der Waals surface area contributed by atoms with Crippen LogP contribution in [0, 0.1) is 0 Å². The van der Waals surface area contributed by atoms with Crippen molar-refractivity contribution in [3.05, 3.63) is 56.5 Å². The lowest BCUT2D eigenvalue weighted by Gasteiger charge is -2.48. The van der Waals surface area contributed by atoms with Crippen molar-refractivity contribution in [2.45, 2.75) is 25.6 Å². The molecule has 0 aromatic heterocycles. The molecular weight excluding hydrogens is 548 g/mol. The van der Waals surface area contributed by atoms with Crippen LogP contribution in [0.2, 0.25) is 0 Å². The maximum Gasteiger partial charge on any atom is 0.255 e. The summed E-state index contributed by atoms with van der Waals surface area (Å²) in [6.45, 7) is 1.83. The highest BCUT2D eigenvalue weighted by Gasteiger charge is 2.47. The molecule has 2 aromatic carbocycles. The van der Waals surface area contributed by atoms with Gasteiger partial charge in [-0.3, -0.25) is 19.5 Å². The smallest absolute Gasteiger partial charge is 0.255 e. The predicted octanol–water partition coefficient (Wildman–Crippen LogP) is 4.78. The summed E-state index contributed by atoms with van der Waals surface area (Å²) >= 11 is 8.47. The van der Waals surface area contributed by atoms with Crippen LogP contribution in [0.5, 0.6) is 5.75 Å². The molecule has 162 valence electrons. The van der Waals surface area contributed by atoms with E-state index in [0.717, 1.165) is 20.1 Å². The molecule has 31 heavy (non-hydrogen) atoms. The molecule has 1 N–H and O–H groups in total. The van der Waals surface area contributed by atoms with Gasteiger partial charge in [0.1, 0.15) is 5.75 Å². The lowest BCUT2D eigenvalue weighted by atomic mass is 9.95. The van der Waals surface area contributed by atoms with Crippen molar-refractivity contribution in [1.82, 2.24) is 10.3 Å². The third-order valence-corrected chi connectivity index (χ3v) is 6.97. The maximum atomic E-state index is 13.2. The monoisotopic (exact) mass is 566 g/mol. The van der Waals surface area contributed by atoms with Crippen molar-refractivity contribution in [3.8, 4) is 5.75 Å². The largest absolute Gasteiger partial charge is 0.494 e. The third kappa shape index (κ3) is 3.74. The van der Waals surface area contributed by atoms with E-state index < -0.39 is 12.2 Å². The van der Waals surface area contributed by atoms with E-state index in [9.17, 15) is 9.59 Å². The number of benzene rings is 2. The Hall–Kier alpha value is -2.04. The molecule has 0 spiro atoms. The molecule has 0 fully saturated rings. The Labute approximate surface area is 201 Å². The number of carbonyl (C=O) groups excluding carboxylic acids is 2. The van der Waals surface area contributed by atoms with Gasteiger partial charge in [0, 0.05) is 12.0 Å². The van der Waals surface area contributed by atoms with Crippen LogP contribution in [0.15, 0.2) is 50.4 Å². The number of amidine groups is 1. The number of nitrogens with zero attached hydrogens (tertiary/aromatic N) is 3. The van der Waals surface area contributed by atoms with Crippen LogP contribution in [0.4, 0.5) is 5.69 Å². The first-order chi connectivity index (χ1) is 14.9. The van der Waals surface area contributed by atoms with Gasteiger partial charge in [0.2, 0.25) is 5.91 Å². The topological polar surface area (TPSA) is 74.2 Å². The first-order valence-electron chi connectivity index (χ1n) is 9.57. The molecule has 2 heterocycles. The van der Waals surface area contributed by atoms with E-state index in [0.29, 0.717) is 23.0 Å². The molecule has 2 atom stereocenters. The highest BCUT2D eigenvalue weighted by molar-refractivity contribution is 9.11. The second-order valence-corrected chi connectivity index (χ2v) is 9.45. The second kappa shape index (κ2) is 8.84. The van der Waals surface area contributed by atoms with E-state index in [1.54, 1.807) is 17.0 Å². The Morgan fingerprint density at radius 2 is 1.94 bits per heavy atom. The minimum Gasteiger partial charge on any atom is -0.494 e. The van der Waals surface area contributed by atoms with Crippen LogP contribution in [0.3, 0.4) is 0 Å². The Kier molecular flexibility index (Phi) is 6.32. The molecule has 10 heteroatoms. The van der Waals surface area contributed by atoms with Crippen molar-refractivity contribution in [1.29, 1.82) is 0 Å². The van der Waals surface area contributed by atoms with Gasteiger partial charge in [0.25, 0.3) is 5.91 Å². The Bertz CT molecular complexity index is 1070. The quantitative estimate of drug-likeness (QED) is 0.577. The van der Waals surface area contributed by atoms with E-state index in [-0.39, 0.29) is 11.8 Å². The maximum absolute atomic E-state index is 13.2. The first kappa shape index (κ1) is 22.2. The highest BCUT2D eigenvalue weighted by atomic mass is 79.9. The summed E-state index contributed by atoms with van der Waals surface area (Å²) < 4.78 is 6.91. The summed E-state index contributed by atoms with van der Waals surface area (Å²) in [5.74, 6) is 0.410. The Morgan fingerprint density at radius 3 is 2.55 bits per heavy atom. The second-order valence-electron chi connectivity index (χ2n) is 6.95. The van der Waals surface area contributed by atoms with E-state index in [2.05, 4.69) is 37.2 Å². The summed E-state index contributed by atoms with van der Waals surface area (Å²) in [7, 11) is 1.59. The number of halogens is 2. The van der Waals surface area contributed by atoms with Crippen molar-refractivity contribution in [2.24, 2.45) is 5.10 Å². The predicted molar refractivity (Wildman–Crippen MR) is 129 cm³/mol. The van der Waals surface area contributed by atoms with Gasteiger partial charge in [0.15, 0.2) is 17.4 Å². The number of fused-ring (bicyclic) bond motifs is 3. The molecule has 0 bridgehead atoms. The standard InChI is InChI=1S/C21H20Br2N4O3S/c1-4-16(28)26-15-8-6-5-7-12(15)17-19(29)24-21(31-3)25-27(17)20(26)11-9-13(22)18(30-2)14(23)10-11/h5-10,17,20H,4H2,1-3H3,(H,24,25,29)/t17-,20+/m1/s1. The summed E-state index contributed by atoms with van der Waals surface area (Å²) in [5, 5.41) is 9.80. The number of methoxy groups -OCH3 is 1. The van der Waals surface area contributed by atoms with Crippen LogP contribution in [-0.4, -0.2) is 35.4 Å². The minimum absolute atomic E-state index is 0.0640. The lowest BCUT2D eigenvalue weighted by Crippen LogP contribution is -2.55. The number of carbonyl (C=O) groups is 2. The van der Waals surface area contributed by atoms with Crippen LogP contribution in [0.1, 0.15) is 36.7 Å². The third-order valence-electron chi connectivity index (χ3n) is 5.22. The van der Waals surface area contributed by atoms with Gasteiger partial charge in [-0.05, 0) is 61.9 Å². The van der Waals surface area contributed by atoms with E-state index in [1.807, 2.05) is 49.6 Å². The number of ether oxygens (including phenoxy) is 1. The summed E-state index contributed by atoms with van der Waals surface area (Å²) in [6, 6.07) is 10.6.